The van der Waals surface area contributed by atoms with Crippen molar-refractivity contribution in [1.29, 1.82) is 0 Å². The number of methoxy groups -OCH3 is 1. The molecule has 1 saturated heterocycles. The molecule has 0 amide bonds. The summed E-state index contributed by atoms with van der Waals surface area (Å²) in [5.74, 6) is 0. The third kappa shape index (κ3) is 4.29. The lowest BCUT2D eigenvalue weighted by Gasteiger charge is -2.44. The van der Waals surface area contributed by atoms with Crippen LogP contribution >= 0.6 is 0 Å². The molecular formula is C18H30N2O. The van der Waals surface area contributed by atoms with Crippen LogP contribution < -0.4 is 5.32 Å². The van der Waals surface area contributed by atoms with E-state index in [1.165, 1.54) is 24.8 Å². The van der Waals surface area contributed by atoms with Crippen molar-refractivity contribution in [3.8, 4) is 0 Å². The van der Waals surface area contributed by atoms with Crippen LogP contribution in [0.3, 0.4) is 0 Å². The van der Waals surface area contributed by atoms with E-state index in [0.717, 1.165) is 19.7 Å². The van der Waals surface area contributed by atoms with Gasteiger partial charge >= 0.3 is 0 Å². The van der Waals surface area contributed by atoms with Crippen molar-refractivity contribution in [2.24, 2.45) is 0 Å². The maximum Gasteiger partial charge on any atom is 0.0618 e. The van der Waals surface area contributed by atoms with Crippen LogP contribution in [0, 0.1) is 0 Å². The highest BCUT2D eigenvalue weighted by Crippen LogP contribution is 2.24. The summed E-state index contributed by atoms with van der Waals surface area (Å²) in [5, 5.41) is 3.72. The van der Waals surface area contributed by atoms with Gasteiger partial charge < -0.3 is 10.1 Å². The Morgan fingerprint density at radius 1 is 1.29 bits per heavy atom. The number of rotatable bonds is 7. The van der Waals surface area contributed by atoms with E-state index in [9.17, 15) is 0 Å². The molecule has 3 unspecified atom stereocenters. The average Bonchev–Trinajstić information content (AvgIpc) is 2.55. The molecule has 0 aromatic heterocycles. The molecule has 0 radical (unpaired) electrons. The topological polar surface area (TPSA) is 24.5 Å². The standard InChI is InChI=1S/C18H30N2O/c1-4-9-17(14-21-3)20-13-18(19-12-16(20)5-2)15-10-7-6-8-11-15/h6-8,10-11,16-19H,4-5,9,12-14H2,1-3H3. The van der Waals surface area contributed by atoms with Crippen molar-refractivity contribution >= 4 is 0 Å². The number of nitrogens with zero attached hydrogens (tertiary/aromatic N) is 1. The van der Waals surface area contributed by atoms with Crippen molar-refractivity contribution in [3.05, 3.63) is 35.9 Å². The molecule has 2 rings (SSSR count). The Morgan fingerprint density at radius 3 is 2.67 bits per heavy atom. The number of benzene rings is 1. The smallest absolute Gasteiger partial charge is 0.0618 e. The van der Waals surface area contributed by atoms with Gasteiger partial charge in [-0.2, -0.15) is 0 Å². The molecule has 118 valence electrons. The Hall–Kier alpha value is -0.900. The van der Waals surface area contributed by atoms with E-state index in [2.05, 4.69) is 54.4 Å². The quantitative estimate of drug-likeness (QED) is 0.834. The Bertz CT molecular complexity index is 389. The van der Waals surface area contributed by atoms with Crippen LogP contribution in [-0.4, -0.2) is 43.8 Å². The van der Waals surface area contributed by atoms with E-state index < -0.39 is 0 Å². The zero-order chi connectivity index (χ0) is 15.1. The predicted molar refractivity (Wildman–Crippen MR) is 88.5 cm³/mol. The number of hydrogen-bond acceptors (Lipinski definition) is 3. The molecule has 0 spiro atoms. The molecule has 0 bridgehead atoms. The lowest BCUT2D eigenvalue weighted by atomic mass is 9.97. The fourth-order valence-corrected chi connectivity index (χ4v) is 3.43. The maximum atomic E-state index is 5.48. The highest BCUT2D eigenvalue weighted by atomic mass is 16.5. The van der Waals surface area contributed by atoms with Gasteiger partial charge in [-0.3, -0.25) is 4.90 Å². The maximum absolute atomic E-state index is 5.48. The average molecular weight is 290 g/mol. The van der Waals surface area contributed by atoms with Crippen LogP contribution in [-0.2, 0) is 4.74 Å². The first-order valence-electron chi connectivity index (χ1n) is 8.33. The van der Waals surface area contributed by atoms with Gasteiger partial charge in [-0.15, -0.1) is 0 Å². The van der Waals surface area contributed by atoms with E-state index >= 15 is 0 Å². The number of nitrogens with one attached hydrogen (secondary N) is 1. The summed E-state index contributed by atoms with van der Waals surface area (Å²) >= 11 is 0. The van der Waals surface area contributed by atoms with Crippen molar-refractivity contribution < 1.29 is 4.74 Å². The Labute approximate surface area is 129 Å². The molecule has 1 fully saturated rings. The summed E-state index contributed by atoms with van der Waals surface area (Å²) in [5.41, 5.74) is 1.39. The number of hydrogen-bond donors (Lipinski definition) is 1. The third-order valence-corrected chi connectivity index (χ3v) is 4.59. The zero-order valence-electron chi connectivity index (χ0n) is 13.7. The summed E-state index contributed by atoms with van der Waals surface area (Å²) in [7, 11) is 1.82. The van der Waals surface area contributed by atoms with Gasteiger partial charge in [0.2, 0.25) is 0 Å². The van der Waals surface area contributed by atoms with Gasteiger partial charge in [0.05, 0.1) is 6.61 Å². The zero-order valence-corrected chi connectivity index (χ0v) is 13.7. The molecule has 21 heavy (non-hydrogen) atoms. The second kappa shape index (κ2) is 8.52. The van der Waals surface area contributed by atoms with Crippen LogP contribution in [0.5, 0.6) is 0 Å². The monoisotopic (exact) mass is 290 g/mol. The molecule has 3 nitrogen and oxygen atoms in total. The molecule has 0 saturated carbocycles. The molecular weight excluding hydrogens is 260 g/mol. The van der Waals surface area contributed by atoms with Crippen LogP contribution in [0.2, 0.25) is 0 Å². The Balaban J connectivity index is 2.11. The molecule has 1 N–H and O–H groups in total. The van der Waals surface area contributed by atoms with E-state index in [0.29, 0.717) is 18.1 Å². The fraction of sp³-hybridized carbons (Fsp3) is 0.667. The van der Waals surface area contributed by atoms with E-state index in [4.69, 9.17) is 4.74 Å². The van der Waals surface area contributed by atoms with Crippen LogP contribution in [0.4, 0.5) is 0 Å². The van der Waals surface area contributed by atoms with E-state index in [-0.39, 0.29) is 0 Å². The van der Waals surface area contributed by atoms with Gasteiger partial charge in [0.25, 0.3) is 0 Å². The van der Waals surface area contributed by atoms with Crippen LogP contribution in [0.25, 0.3) is 0 Å². The number of piperazine rings is 1. The van der Waals surface area contributed by atoms with E-state index in [1.807, 2.05) is 7.11 Å². The van der Waals surface area contributed by atoms with Gasteiger partial charge in [0.1, 0.15) is 0 Å². The minimum absolute atomic E-state index is 0.435. The summed E-state index contributed by atoms with van der Waals surface area (Å²) in [4.78, 5) is 2.68. The second-order valence-electron chi connectivity index (χ2n) is 6.03. The first-order valence-corrected chi connectivity index (χ1v) is 8.33. The fourth-order valence-electron chi connectivity index (χ4n) is 3.43. The molecule has 1 aliphatic heterocycles. The molecule has 1 aliphatic rings. The minimum atomic E-state index is 0.435. The molecule has 0 aliphatic carbocycles. The van der Waals surface area contributed by atoms with Crippen molar-refractivity contribution in [2.75, 3.05) is 26.8 Å². The molecule has 3 heteroatoms. The summed E-state index contributed by atoms with van der Waals surface area (Å²) < 4.78 is 5.48. The van der Waals surface area contributed by atoms with Crippen LogP contribution in [0.1, 0.15) is 44.7 Å². The highest BCUT2D eigenvalue weighted by molar-refractivity contribution is 5.20. The molecule has 1 heterocycles. The van der Waals surface area contributed by atoms with Gasteiger partial charge in [-0.1, -0.05) is 50.6 Å². The third-order valence-electron chi connectivity index (χ3n) is 4.59. The summed E-state index contributed by atoms with van der Waals surface area (Å²) in [6.45, 7) is 7.54. The Kier molecular flexibility index (Phi) is 6.68. The first kappa shape index (κ1) is 16.5. The second-order valence-corrected chi connectivity index (χ2v) is 6.03. The van der Waals surface area contributed by atoms with Crippen molar-refractivity contribution in [3.63, 3.8) is 0 Å². The summed E-state index contributed by atoms with van der Waals surface area (Å²) in [6.07, 6.45) is 3.62. The lowest BCUT2D eigenvalue weighted by molar-refractivity contribution is 0.0272. The normalized spacial score (nSPS) is 24.9. The van der Waals surface area contributed by atoms with Gasteiger partial charge in [-0.05, 0) is 18.4 Å². The molecule has 3 atom stereocenters. The van der Waals surface area contributed by atoms with Crippen LogP contribution in [0.15, 0.2) is 30.3 Å². The largest absolute Gasteiger partial charge is 0.383 e. The van der Waals surface area contributed by atoms with Crippen molar-refractivity contribution in [1.82, 2.24) is 10.2 Å². The number of ether oxygens (including phenoxy) is 1. The highest BCUT2D eigenvalue weighted by Gasteiger charge is 2.31. The van der Waals surface area contributed by atoms with Crippen molar-refractivity contribution in [2.45, 2.75) is 51.2 Å². The molecule has 1 aromatic carbocycles. The Morgan fingerprint density at radius 2 is 2.05 bits per heavy atom. The van der Waals surface area contributed by atoms with Gasteiger partial charge in [-0.25, -0.2) is 0 Å². The summed E-state index contributed by atoms with van der Waals surface area (Å²) in [6, 6.07) is 12.4. The van der Waals surface area contributed by atoms with Gasteiger partial charge in [0, 0.05) is 38.3 Å². The van der Waals surface area contributed by atoms with E-state index in [1.54, 1.807) is 0 Å². The predicted octanol–water partition coefficient (Wildman–Crippen LogP) is 3.23. The molecule has 1 aromatic rings. The lowest BCUT2D eigenvalue weighted by Crippen LogP contribution is -2.57. The van der Waals surface area contributed by atoms with Gasteiger partial charge in [0.15, 0.2) is 0 Å². The minimum Gasteiger partial charge on any atom is -0.383 e. The SMILES string of the molecule is CCCC(COC)N1CC(c2ccccc2)NCC1CC. The first-order chi connectivity index (χ1) is 10.3.